The summed E-state index contributed by atoms with van der Waals surface area (Å²) in [5.41, 5.74) is 3.13. The number of rotatable bonds is 4. The molecule has 0 aliphatic carbocycles. The first-order valence-corrected chi connectivity index (χ1v) is 10.2. The molecule has 1 N–H and O–H groups in total. The van der Waals surface area contributed by atoms with Crippen molar-refractivity contribution in [2.45, 2.75) is 6.92 Å². The molecule has 6 heteroatoms. The van der Waals surface area contributed by atoms with Gasteiger partial charge < -0.3 is 5.32 Å². The zero-order valence-corrected chi connectivity index (χ0v) is 17.3. The molecule has 5 rings (SSSR count). The van der Waals surface area contributed by atoms with E-state index in [0.717, 1.165) is 22.0 Å². The number of hydrogen-bond donors (Lipinski definition) is 1. The van der Waals surface area contributed by atoms with E-state index in [9.17, 15) is 9.18 Å². The fourth-order valence-corrected chi connectivity index (χ4v) is 3.59. The summed E-state index contributed by atoms with van der Waals surface area (Å²) in [4.78, 5) is 17.5. The van der Waals surface area contributed by atoms with Crippen LogP contribution in [0, 0.1) is 12.7 Å². The highest BCUT2D eigenvalue weighted by molar-refractivity contribution is 6.03. The lowest BCUT2D eigenvalue weighted by molar-refractivity contribution is 0.101. The molecular formula is C26H19FN4O. The van der Waals surface area contributed by atoms with Crippen molar-refractivity contribution in [1.82, 2.24) is 14.8 Å². The Morgan fingerprint density at radius 2 is 1.66 bits per heavy atom. The van der Waals surface area contributed by atoms with Gasteiger partial charge in [0.2, 0.25) is 5.82 Å². The van der Waals surface area contributed by atoms with Crippen LogP contribution in [-0.4, -0.2) is 20.7 Å². The molecule has 5 nitrogen and oxygen atoms in total. The molecule has 1 amide bonds. The second kappa shape index (κ2) is 8.07. The van der Waals surface area contributed by atoms with E-state index < -0.39 is 5.91 Å². The standard InChI is InChI=1S/C26H19FN4O/c1-17-5-4-8-23(15-17)31-25(19-9-12-21(27)13-10-19)29-24(30-31)26(32)28-22-14-11-18-6-2-3-7-20(18)16-22/h2-16H,1H3,(H,28,32). The van der Waals surface area contributed by atoms with Crippen molar-refractivity contribution in [3.63, 3.8) is 0 Å². The number of fused-ring (bicyclic) bond motifs is 1. The number of halogens is 1. The Hall–Kier alpha value is -4.32. The fraction of sp³-hybridized carbons (Fsp3) is 0.0385. The number of aryl methyl sites for hydroxylation is 1. The number of nitrogens with one attached hydrogen (secondary N) is 1. The van der Waals surface area contributed by atoms with Crippen LogP contribution in [0.2, 0.25) is 0 Å². The molecule has 0 unspecified atom stereocenters. The zero-order chi connectivity index (χ0) is 22.1. The molecule has 0 atom stereocenters. The number of aromatic nitrogens is 3. The van der Waals surface area contributed by atoms with Gasteiger partial charge in [-0.05, 0) is 71.8 Å². The first-order chi connectivity index (χ1) is 15.6. The van der Waals surface area contributed by atoms with Gasteiger partial charge in [-0.1, -0.05) is 42.5 Å². The van der Waals surface area contributed by atoms with Gasteiger partial charge in [-0.2, -0.15) is 0 Å². The molecule has 0 spiro atoms. The zero-order valence-electron chi connectivity index (χ0n) is 17.3. The van der Waals surface area contributed by atoms with Crippen LogP contribution in [0.15, 0.2) is 91.0 Å². The highest BCUT2D eigenvalue weighted by atomic mass is 19.1. The lowest BCUT2D eigenvalue weighted by Gasteiger charge is -2.06. The third-order valence-electron chi connectivity index (χ3n) is 5.17. The van der Waals surface area contributed by atoms with Crippen LogP contribution >= 0.6 is 0 Å². The number of nitrogens with zero attached hydrogens (tertiary/aromatic N) is 3. The Bertz CT molecular complexity index is 1440. The summed E-state index contributed by atoms with van der Waals surface area (Å²) in [6.45, 7) is 1.98. The van der Waals surface area contributed by atoms with Gasteiger partial charge in [-0.3, -0.25) is 4.79 Å². The van der Waals surface area contributed by atoms with Crippen molar-refractivity contribution in [3.8, 4) is 17.1 Å². The van der Waals surface area contributed by atoms with Crippen molar-refractivity contribution in [2.24, 2.45) is 0 Å². The summed E-state index contributed by atoms with van der Waals surface area (Å²) in [5, 5.41) is 9.47. The van der Waals surface area contributed by atoms with E-state index in [2.05, 4.69) is 15.4 Å². The number of carbonyl (C=O) groups is 1. The van der Waals surface area contributed by atoms with E-state index in [1.165, 1.54) is 12.1 Å². The van der Waals surface area contributed by atoms with E-state index >= 15 is 0 Å². The lowest BCUT2D eigenvalue weighted by Crippen LogP contribution is -2.14. The van der Waals surface area contributed by atoms with Gasteiger partial charge in [0.05, 0.1) is 5.69 Å². The Labute approximate surface area is 184 Å². The number of carbonyl (C=O) groups excluding carboxylic acids is 1. The monoisotopic (exact) mass is 422 g/mol. The molecule has 1 aromatic heterocycles. The van der Waals surface area contributed by atoms with E-state index in [0.29, 0.717) is 17.1 Å². The van der Waals surface area contributed by atoms with Gasteiger partial charge in [-0.15, -0.1) is 5.10 Å². The van der Waals surface area contributed by atoms with Crippen molar-refractivity contribution in [3.05, 3.63) is 108 Å². The average molecular weight is 422 g/mol. The van der Waals surface area contributed by atoms with Crippen molar-refractivity contribution >= 4 is 22.4 Å². The van der Waals surface area contributed by atoms with Crippen LogP contribution in [0.25, 0.3) is 27.8 Å². The topological polar surface area (TPSA) is 59.8 Å². The van der Waals surface area contributed by atoms with Gasteiger partial charge >= 0.3 is 0 Å². The predicted molar refractivity (Wildman–Crippen MR) is 123 cm³/mol. The second-order valence-electron chi connectivity index (χ2n) is 7.53. The molecular weight excluding hydrogens is 403 g/mol. The fourth-order valence-electron chi connectivity index (χ4n) is 3.59. The predicted octanol–water partition coefficient (Wildman–Crippen LogP) is 5.79. The molecule has 156 valence electrons. The van der Waals surface area contributed by atoms with Gasteiger partial charge in [0.25, 0.3) is 5.91 Å². The van der Waals surface area contributed by atoms with Crippen molar-refractivity contribution in [2.75, 3.05) is 5.32 Å². The first-order valence-electron chi connectivity index (χ1n) is 10.2. The largest absolute Gasteiger partial charge is 0.319 e. The van der Waals surface area contributed by atoms with Crippen LogP contribution in [0.5, 0.6) is 0 Å². The summed E-state index contributed by atoms with van der Waals surface area (Å²) in [5.74, 6) is -0.280. The van der Waals surface area contributed by atoms with E-state index in [1.54, 1.807) is 16.8 Å². The third kappa shape index (κ3) is 3.86. The molecule has 0 fully saturated rings. The molecule has 0 saturated heterocycles. The summed E-state index contributed by atoms with van der Waals surface area (Å²) < 4.78 is 15.1. The number of hydrogen-bond acceptors (Lipinski definition) is 3. The molecule has 4 aromatic carbocycles. The number of benzene rings is 4. The third-order valence-corrected chi connectivity index (χ3v) is 5.17. The maximum atomic E-state index is 13.5. The Balaban J connectivity index is 1.53. The SMILES string of the molecule is Cc1cccc(-n2nc(C(=O)Nc3ccc4ccccc4c3)nc2-c2ccc(F)cc2)c1. The quantitative estimate of drug-likeness (QED) is 0.399. The molecule has 5 aromatic rings. The Kier molecular flexibility index (Phi) is 4.95. The minimum absolute atomic E-state index is 0.0268. The maximum absolute atomic E-state index is 13.5. The highest BCUT2D eigenvalue weighted by Gasteiger charge is 2.19. The molecule has 0 saturated carbocycles. The Morgan fingerprint density at radius 3 is 2.44 bits per heavy atom. The summed E-state index contributed by atoms with van der Waals surface area (Å²) >= 11 is 0. The minimum Gasteiger partial charge on any atom is -0.319 e. The minimum atomic E-state index is -0.421. The van der Waals surface area contributed by atoms with Crippen LogP contribution < -0.4 is 5.32 Å². The van der Waals surface area contributed by atoms with Crippen LogP contribution in [0.4, 0.5) is 10.1 Å². The summed E-state index contributed by atoms with van der Waals surface area (Å²) in [7, 11) is 0. The van der Waals surface area contributed by atoms with Crippen LogP contribution in [-0.2, 0) is 0 Å². The first kappa shape index (κ1) is 19.6. The van der Waals surface area contributed by atoms with Gasteiger partial charge in [0.15, 0.2) is 5.82 Å². The normalized spacial score (nSPS) is 10.9. The molecule has 1 heterocycles. The highest BCUT2D eigenvalue weighted by Crippen LogP contribution is 2.23. The molecule has 32 heavy (non-hydrogen) atoms. The Morgan fingerprint density at radius 1 is 0.875 bits per heavy atom. The van der Waals surface area contributed by atoms with Gasteiger partial charge in [0.1, 0.15) is 5.82 Å². The van der Waals surface area contributed by atoms with E-state index in [-0.39, 0.29) is 11.6 Å². The molecule has 0 radical (unpaired) electrons. The van der Waals surface area contributed by atoms with E-state index in [1.807, 2.05) is 73.7 Å². The van der Waals surface area contributed by atoms with Crippen LogP contribution in [0.3, 0.4) is 0 Å². The smallest absolute Gasteiger partial charge is 0.295 e. The second-order valence-corrected chi connectivity index (χ2v) is 7.53. The van der Waals surface area contributed by atoms with Gasteiger partial charge in [0, 0.05) is 11.3 Å². The summed E-state index contributed by atoms with van der Waals surface area (Å²) in [6.07, 6.45) is 0. The van der Waals surface area contributed by atoms with Crippen molar-refractivity contribution in [1.29, 1.82) is 0 Å². The maximum Gasteiger partial charge on any atom is 0.295 e. The number of amides is 1. The molecule has 0 bridgehead atoms. The summed E-state index contributed by atoms with van der Waals surface area (Å²) in [6, 6.07) is 27.3. The number of anilines is 1. The van der Waals surface area contributed by atoms with Crippen molar-refractivity contribution < 1.29 is 9.18 Å². The van der Waals surface area contributed by atoms with E-state index in [4.69, 9.17) is 0 Å². The average Bonchev–Trinajstić information content (AvgIpc) is 3.25. The van der Waals surface area contributed by atoms with Crippen LogP contribution in [0.1, 0.15) is 16.2 Å². The molecule has 0 aliphatic heterocycles. The van der Waals surface area contributed by atoms with Gasteiger partial charge in [-0.25, -0.2) is 14.1 Å². The lowest BCUT2D eigenvalue weighted by atomic mass is 10.1. The molecule has 0 aliphatic rings.